The van der Waals surface area contributed by atoms with Gasteiger partial charge >= 0.3 is 5.97 Å². The van der Waals surface area contributed by atoms with Crippen molar-refractivity contribution in [1.82, 2.24) is 10.3 Å². The number of pyridine rings is 1. The summed E-state index contributed by atoms with van der Waals surface area (Å²) in [7, 11) is 0. The fourth-order valence-electron chi connectivity index (χ4n) is 2.46. The van der Waals surface area contributed by atoms with Gasteiger partial charge in [0.1, 0.15) is 5.03 Å². The minimum atomic E-state index is -0.989. The third-order valence-electron chi connectivity index (χ3n) is 3.54. The number of carbonyl (C=O) groups excluding carboxylic acids is 1. The highest BCUT2D eigenvalue weighted by molar-refractivity contribution is 7.99. The number of nitrogens with one attached hydrogen (secondary N) is 1. The molecule has 2 N–H and O–H groups in total. The lowest BCUT2D eigenvalue weighted by atomic mass is 9.95. The molecule has 2 rings (SSSR count). The summed E-state index contributed by atoms with van der Waals surface area (Å²) in [5.41, 5.74) is 0.190. The van der Waals surface area contributed by atoms with Crippen LogP contribution in [0, 0.1) is 0 Å². The van der Waals surface area contributed by atoms with E-state index in [-0.39, 0.29) is 11.5 Å². The van der Waals surface area contributed by atoms with Crippen molar-refractivity contribution in [1.29, 1.82) is 0 Å². The molecule has 1 aromatic rings. The molecule has 0 unspecified atom stereocenters. The van der Waals surface area contributed by atoms with Crippen LogP contribution < -0.4 is 5.32 Å². The second kappa shape index (κ2) is 8.02. The standard InChI is InChI=1S/C15H20N2O3S/c18-13(17-11-5-2-1-3-6-11)8-10-21-14-12(15(19)20)7-4-9-16-14/h4,7,9,11H,1-3,5-6,8,10H2,(H,17,18)(H,19,20). The summed E-state index contributed by atoms with van der Waals surface area (Å²) in [6, 6.07) is 3.45. The van der Waals surface area contributed by atoms with Gasteiger partial charge in [-0.05, 0) is 25.0 Å². The summed E-state index contributed by atoms with van der Waals surface area (Å²) in [6.45, 7) is 0. The molecule has 0 bridgehead atoms. The first-order valence-corrected chi connectivity index (χ1v) is 8.26. The molecule has 0 radical (unpaired) electrons. The van der Waals surface area contributed by atoms with E-state index < -0.39 is 5.97 Å². The van der Waals surface area contributed by atoms with E-state index >= 15 is 0 Å². The molecular weight excluding hydrogens is 288 g/mol. The van der Waals surface area contributed by atoms with Crippen LogP contribution in [-0.4, -0.2) is 33.8 Å². The number of amides is 1. The van der Waals surface area contributed by atoms with Gasteiger partial charge in [-0.3, -0.25) is 4.79 Å². The Labute approximate surface area is 128 Å². The van der Waals surface area contributed by atoms with Gasteiger partial charge in [0.05, 0.1) is 5.56 Å². The summed E-state index contributed by atoms with van der Waals surface area (Å²) >= 11 is 1.31. The van der Waals surface area contributed by atoms with Crippen LogP contribution in [0.4, 0.5) is 0 Å². The zero-order chi connectivity index (χ0) is 15.1. The van der Waals surface area contributed by atoms with E-state index in [1.165, 1.54) is 37.1 Å². The van der Waals surface area contributed by atoms with Gasteiger partial charge in [0.2, 0.25) is 5.91 Å². The summed E-state index contributed by atoms with van der Waals surface area (Å²) in [4.78, 5) is 27.0. The highest BCUT2D eigenvalue weighted by atomic mass is 32.2. The molecule has 5 nitrogen and oxygen atoms in total. The monoisotopic (exact) mass is 308 g/mol. The van der Waals surface area contributed by atoms with Gasteiger partial charge in [-0.2, -0.15) is 0 Å². The second-order valence-electron chi connectivity index (χ2n) is 5.16. The maximum Gasteiger partial charge on any atom is 0.338 e. The van der Waals surface area contributed by atoms with Crippen molar-refractivity contribution in [3.05, 3.63) is 23.9 Å². The molecule has 1 heterocycles. The van der Waals surface area contributed by atoms with Gasteiger partial charge in [0.25, 0.3) is 0 Å². The third kappa shape index (κ3) is 5.04. The Morgan fingerprint density at radius 2 is 2.10 bits per heavy atom. The molecule has 0 aromatic carbocycles. The van der Waals surface area contributed by atoms with Crippen LogP contribution in [0.3, 0.4) is 0 Å². The van der Waals surface area contributed by atoms with E-state index in [2.05, 4.69) is 10.3 Å². The highest BCUT2D eigenvalue weighted by Crippen LogP contribution is 2.21. The minimum Gasteiger partial charge on any atom is -0.478 e. The molecule has 114 valence electrons. The lowest BCUT2D eigenvalue weighted by molar-refractivity contribution is -0.121. The Balaban J connectivity index is 1.76. The molecule has 1 saturated carbocycles. The number of aromatic nitrogens is 1. The Morgan fingerprint density at radius 3 is 2.81 bits per heavy atom. The van der Waals surface area contributed by atoms with Gasteiger partial charge in [0.15, 0.2) is 0 Å². The molecule has 21 heavy (non-hydrogen) atoms. The third-order valence-corrected chi connectivity index (χ3v) is 4.55. The average Bonchev–Trinajstić information content (AvgIpc) is 2.48. The molecule has 0 aliphatic heterocycles. The highest BCUT2D eigenvalue weighted by Gasteiger charge is 2.16. The fraction of sp³-hybridized carbons (Fsp3) is 0.533. The molecule has 0 spiro atoms. The predicted molar refractivity (Wildman–Crippen MR) is 81.6 cm³/mol. The van der Waals surface area contributed by atoms with Crippen LogP contribution in [0.1, 0.15) is 48.9 Å². The van der Waals surface area contributed by atoms with Gasteiger partial charge in [-0.1, -0.05) is 19.3 Å². The normalized spacial score (nSPS) is 15.6. The summed E-state index contributed by atoms with van der Waals surface area (Å²) in [5.74, 6) is -0.407. The Bertz CT molecular complexity index is 501. The van der Waals surface area contributed by atoms with Crippen LogP contribution in [0.2, 0.25) is 0 Å². The predicted octanol–water partition coefficient (Wildman–Crippen LogP) is 2.71. The number of hydrogen-bond donors (Lipinski definition) is 2. The zero-order valence-electron chi connectivity index (χ0n) is 11.9. The molecule has 0 saturated heterocycles. The van der Waals surface area contributed by atoms with Gasteiger partial charge < -0.3 is 10.4 Å². The van der Waals surface area contributed by atoms with Crippen LogP contribution in [-0.2, 0) is 4.79 Å². The van der Waals surface area contributed by atoms with Crippen LogP contribution in [0.25, 0.3) is 0 Å². The van der Waals surface area contributed by atoms with E-state index in [0.29, 0.717) is 23.2 Å². The van der Waals surface area contributed by atoms with E-state index in [0.717, 1.165) is 12.8 Å². The summed E-state index contributed by atoms with van der Waals surface area (Å²) in [5, 5.41) is 12.6. The van der Waals surface area contributed by atoms with Crippen molar-refractivity contribution < 1.29 is 14.7 Å². The molecule has 0 atom stereocenters. The lowest BCUT2D eigenvalue weighted by Crippen LogP contribution is -2.36. The SMILES string of the molecule is O=C(CCSc1ncccc1C(=O)O)NC1CCCCC1. The minimum absolute atomic E-state index is 0.0437. The molecular formula is C15H20N2O3S. The first-order chi connectivity index (χ1) is 10.2. The molecule has 6 heteroatoms. The van der Waals surface area contributed by atoms with Crippen molar-refractivity contribution in [2.75, 3.05) is 5.75 Å². The van der Waals surface area contributed by atoms with Crippen molar-refractivity contribution in [3.8, 4) is 0 Å². The maximum atomic E-state index is 11.9. The fourth-order valence-corrected chi connectivity index (χ4v) is 3.38. The number of rotatable bonds is 6. The smallest absolute Gasteiger partial charge is 0.338 e. The Hall–Kier alpha value is -1.56. The topological polar surface area (TPSA) is 79.3 Å². The van der Waals surface area contributed by atoms with Gasteiger partial charge in [-0.15, -0.1) is 11.8 Å². The average molecular weight is 308 g/mol. The van der Waals surface area contributed by atoms with Crippen molar-refractivity contribution in [2.45, 2.75) is 49.6 Å². The summed E-state index contributed by atoms with van der Waals surface area (Å²) < 4.78 is 0. The Morgan fingerprint density at radius 1 is 1.33 bits per heavy atom. The van der Waals surface area contributed by atoms with E-state index in [4.69, 9.17) is 5.11 Å². The number of carbonyl (C=O) groups is 2. The van der Waals surface area contributed by atoms with Crippen LogP contribution in [0.15, 0.2) is 23.4 Å². The number of hydrogen-bond acceptors (Lipinski definition) is 4. The van der Waals surface area contributed by atoms with Crippen LogP contribution >= 0.6 is 11.8 Å². The Kier molecular flexibility index (Phi) is 6.04. The van der Waals surface area contributed by atoms with E-state index in [9.17, 15) is 9.59 Å². The number of nitrogens with zero attached hydrogens (tertiary/aromatic N) is 1. The lowest BCUT2D eigenvalue weighted by Gasteiger charge is -2.22. The quantitative estimate of drug-likeness (QED) is 0.790. The molecule has 1 amide bonds. The largest absolute Gasteiger partial charge is 0.478 e. The number of carboxylic acids is 1. The van der Waals surface area contributed by atoms with E-state index in [1.54, 1.807) is 12.3 Å². The number of thioether (sulfide) groups is 1. The van der Waals surface area contributed by atoms with Crippen molar-refractivity contribution in [3.63, 3.8) is 0 Å². The second-order valence-corrected chi connectivity index (χ2v) is 6.25. The van der Waals surface area contributed by atoms with Gasteiger partial charge in [0, 0.05) is 24.4 Å². The van der Waals surface area contributed by atoms with E-state index in [1.807, 2.05) is 0 Å². The molecule has 1 aliphatic rings. The van der Waals surface area contributed by atoms with Crippen molar-refractivity contribution in [2.24, 2.45) is 0 Å². The molecule has 1 fully saturated rings. The molecule has 1 aromatic heterocycles. The molecule has 1 aliphatic carbocycles. The number of carboxylic acid groups (broad SMARTS) is 1. The zero-order valence-corrected chi connectivity index (χ0v) is 12.7. The number of aromatic carboxylic acids is 1. The summed E-state index contributed by atoms with van der Waals surface area (Å²) in [6.07, 6.45) is 7.74. The first-order valence-electron chi connectivity index (χ1n) is 7.27. The van der Waals surface area contributed by atoms with Crippen molar-refractivity contribution >= 4 is 23.6 Å². The van der Waals surface area contributed by atoms with Crippen LogP contribution in [0.5, 0.6) is 0 Å². The maximum absolute atomic E-state index is 11.9. The van der Waals surface area contributed by atoms with Gasteiger partial charge in [-0.25, -0.2) is 9.78 Å². The first kappa shape index (κ1) is 15.8.